The Labute approximate surface area is 106 Å². The van der Waals surface area contributed by atoms with Crippen LogP contribution >= 0.6 is 11.3 Å². The van der Waals surface area contributed by atoms with Crippen LogP contribution < -0.4 is 16.6 Å². The Balaban J connectivity index is 1.74. The van der Waals surface area contributed by atoms with E-state index in [0.29, 0.717) is 6.54 Å². The maximum atomic E-state index is 11.4. The molecule has 0 amide bonds. The smallest absolute Gasteiger partial charge is 0.342 e. The third-order valence-electron chi connectivity index (χ3n) is 2.94. The molecule has 94 valence electrons. The molecule has 0 unspecified atom stereocenters. The van der Waals surface area contributed by atoms with Gasteiger partial charge < -0.3 is 5.32 Å². The first-order valence-corrected chi connectivity index (χ1v) is 6.57. The number of anilines is 1. The van der Waals surface area contributed by atoms with E-state index < -0.39 is 11.2 Å². The van der Waals surface area contributed by atoms with Crippen LogP contribution in [0, 0.1) is 0 Å². The summed E-state index contributed by atoms with van der Waals surface area (Å²) in [6, 6.07) is 2.18. The molecule has 0 spiro atoms. The van der Waals surface area contributed by atoms with Crippen molar-refractivity contribution in [3.05, 3.63) is 42.2 Å². The Hall–Kier alpha value is -1.89. The van der Waals surface area contributed by atoms with Gasteiger partial charge in [0.1, 0.15) is 0 Å². The van der Waals surface area contributed by atoms with Gasteiger partial charge in [0.05, 0.1) is 6.54 Å². The van der Waals surface area contributed by atoms with E-state index in [9.17, 15) is 9.59 Å². The van der Waals surface area contributed by atoms with Gasteiger partial charge in [-0.1, -0.05) is 0 Å². The summed E-state index contributed by atoms with van der Waals surface area (Å²) in [4.78, 5) is 27.0. The number of aromatic nitrogens is 3. The van der Waals surface area contributed by atoms with Crippen molar-refractivity contribution in [1.82, 2.24) is 15.2 Å². The predicted octanol–water partition coefficient (Wildman–Crippen LogP) is 0.620. The number of nitrogens with zero attached hydrogens (tertiary/aromatic N) is 1. The Bertz CT molecular complexity index is 663. The molecule has 6 nitrogen and oxygen atoms in total. The minimum absolute atomic E-state index is 0.142. The lowest BCUT2D eigenvalue weighted by molar-refractivity contribution is 0.883. The van der Waals surface area contributed by atoms with Crippen molar-refractivity contribution in [3.63, 3.8) is 0 Å². The standard InChI is InChI=1S/C11H12N4O2S/c16-10-9(14-15-11(17)13-10)12-5-7-4-6-2-1-3-8(6)18-7/h4H,1-3,5H2,(H,12,14)(H2,13,15,16,17). The second-order valence-corrected chi connectivity index (χ2v) is 5.44. The van der Waals surface area contributed by atoms with E-state index in [-0.39, 0.29) is 5.82 Å². The lowest BCUT2D eigenvalue weighted by Crippen LogP contribution is -2.26. The van der Waals surface area contributed by atoms with Crippen molar-refractivity contribution in [2.24, 2.45) is 0 Å². The SMILES string of the molecule is O=c1[nH]nc(NCc2cc3c(s2)CCC3)c(=O)[nH]1. The van der Waals surface area contributed by atoms with Crippen LogP contribution in [0.5, 0.6) is 0 Å². The van der Waals surface area contributed by atoms with Crippen molar-refractivity contribution in [1.29, 1.82) is 0 Å². The van der Waals surface area contributed by atoms with Crippen molar-refractivity contribution >= 4 is 17.2 Å². The zero-order valence-electron chi connectivity index (χ0n) is 9.58. The fourth-order valence-electron chi connectivity index (χ4n) is 2.12. The number of thiophene rings is 1. The molecule has 0 aliphatic heterocycles. The minimum atomic E-state index is -0.597. The quantitative estimate of drug-likeness (QED) is 0.758. The molecule has 3 rings (SSSR count). The first kappa shape index (κ1) is 11.2. The second-order valence-electron chi connectivity index (χ2n) is 4.22. The van der Waals surface area contributed by atoms with E-state index in [4.69, 9.17) is 0 Å². The molecule has 0 saturated carbocycles. The number of rotatable bonds is 3. The minimum Gasteiger partial charge on any atom is -0.359 e. The average molecular weight is 264 g/mol. The molecule has 0 radical (unpaired) electrons. The summed E-state index contributed by atoms with van der Waals surface area (Å²) >= 11 is 1.78. The van der Waals surface area contributed by atoms with Gasteiger partial charge in [-0.15, -0.1) is 16.4 Å². The number of aromatic amines is 2. The Morgan fingerprint density at radius 3 is 3.06 bits per heavy atom. The third-order valence-corrected chi connectivity index (χ3v) is 4.18. The highest BCUT2D eigenvalue weighted by molar-refractivity contribution is 7.12. The molecule has 1 aliphatic carbocycles. The van der Waals surface area contributed by atoms with E-state index >= 15 is 0 Å². The van der Waals surface area contributed by atoms with Crippen molar-refractivity contribution in [2.45, 2.75) is 25.8 Å². The molecule has 1 aliphatic rings. The summed E-state index contributed by atoms with van der Waals surface area (Å²) in [5.74, 6) is 0.142. The largest absolute Gasteiger partial charge is 0.359 e. The van der Waals surface area contributed by atoms with Crippen LogP contribution in [0.1, 0.15) is 21.7 Å². The average Bonchev–Trinajstić information content (AvgIpc) is 2.88. The molecule has 2 heterocycles. The maximum absolute atomic E-state index is 11.4. The summed E-state index contributed by atoms with van der Waals surface area (Å²) in [6.45, 7) is 0.555. The van der Waals surface area contributed by atoms with Crippen molar-refractivity contribution in [2.75, 3.05) is 5.32 Å². The summed E-state index contributed by atoms with van der Waals surface area (Å²) in [5.41, 5.74) is 0.337. The van der Waals surface area contributed by atoms with Gasteiger partial charge in [-0.3, -0.25) is 9.78 Å². The highest BCUT2D eigenvalue weighted by atomic mass is 32.1. The van der Waals surface area contributed by atoms with Gasteiger partial charge in [0.15, 0.2) is 0 Å². The van der Waals surface area contributed by atoms with Crippen LogP contribution in [-0.2, 0) is 19.4 Å². The zero-order chi connectivity index (χ0) is 12.5. The van der Waals surface area contributed by atoms with Crippen LogP contribution in [-0.4, -0.2) is 15.2 Å². The number of nitrogens with one attached hydrogen (secondary N) is 3. The van der Waals surface area contributed by atoms with E-state index in [1.54, 1.807) is 11.3 Å². The van der Waals surface area contributed by atoms with Gasteiger partial charge in [0.2, 0.25) is 5.82 Å². The van der Waals surface area contributed by atoms with Crippen LogP contribution in [0.4, 0.5) is 5.82 Å². The fourth-order valence-corrected chi connectivity index (χ4v) is 3.32. The molecule has 3 N–H and O–H groups in total. The van der Waals surface area contributed by atoms with Gasteiger partial charge >= 0.3 is 5.69 Å². The lowest BCUT2D eigenvalue weighted by atomic mass is 10.2. The molecule has 7 heteroatoms. The Morgan fingerprint density at radius 1 is 1.39 bits per heavy atom. The van der Waals surface area contributed by atoms with Crippen molar-refractivity contribution < 1.29 is 0 Å². The van der Waals surface area contributed by atoms with Gasteiger partial charge in [-0.25, -0.2) is 9.89 Å². The van der Waals surface area contributed by atoms with Crippen LogP contribution in [0.3, 0.4) is 0 Å². The molecular weight excluding hydrogens is 252 g/mol. The third kappa shape index (κ3) is 2.08. The van der Waals surface area contributed by atoms with Gasteiger partial charge in [-0.05, 0) is 30.9 Å². The molecule has 0 atom stereocenters. The van der Waals surface area contributed by atoms with Crippen molar-refractivity contribution in [3.8, 4) is 0 Å². The van der Waals surface area contributed by atoms with Crippen LogP contribution in [0.25, 0.3) is 0 Å². The summed E-state index contributed by atoms with van der Waals surface area (Å²) < 4.78 is 0. The van der Waals surface area contributed by atoms with Gasteiger partial charge in [-0.2, -0.15) is 0 Å². The zero-order valence-corrected chi connectivity index (χ0v) is 10.4. The number of aryl methyl sites for hydroxylation is 2. The normalized spacial score (nSPS) is 13.6. The number of hydrogen-bond donors (Lipinski definition) is 3. The lowest BCUT2D eigenvalue weighted by Gasteiger charge is -2.01. The molecule has 0 bridgehead atoms. The van der Waals surface area contributed by atoms with Gasteiger partial charge in [0, 0.05) is 9.75 Å². The van der Waals surface area contributed by atoms with Crippen LogP contribution in [0.15, 0.2) is 15.7 Å². The molecule has 0 fully saturated rings. The van der Waals surface area contributed by atoms with Crippen LogP contribution in [0.2, 0.25) is 0 Å². The summed E-state index contributed by atoms with van der Waals surface area (Å²) in [6.07, 6.45) is 3.57. The first-order chi connectivity index (χ1) is 8.72. The highest BCUT2D eigenvalue weighted by Crippen LogP contribution is 2.30. The van der Waals surface area contributed by atoms with Gasteiger partial charge in [0.25, 0.3) is 5.56 Å². The number of fused-ring (bicyclic) bond motifs is 1. The second kappa shape index (κ2) is 4.41. The summed E-state index contributed by atoms with van der Waals surface area (Å²) in [7, 11) is 0. The first-order valence-electron chi connectivity index (χ1n) is 5.76. The summed E-state index contributed by atoms with van der Waals surface area (Å²) in [5, 5.41) is 8.79. The fraction of sp³-hybridized carbons (Fsp3) is 0.364. The molecule has 2 aromatic heterocycles. The molecule has 18 heavy (non-hydrogen) atoms. The topological polar surface area (TPSA) is 90.6 Å². The molecular formula is C11H12N4O2S. The molecule has 0 saturated heterocycles. The predicted molar refractivity (Wildman–Crippen MR) is 69.1 cm³/mol. The maximum Gasteiger partial charge on any atom is 0.342 e. The monoisotopic (exact) mass is 264 g/mol. The van der Waals surface area contributed by atoms with E-state index in [1.165, 1.54) is 21.7 Å². The van der Waals surface area contributed by atoms with E-state index in [0.717, 1.165) is 12.8 Å². The number of hydrogen-bond acceptors (Lipinski definition) is 5. The van der Waals surface area contributed by atoms with E-state index in [1.807, 2.05) is 0 Å². The Kier molecular flexibility index (Phi) is 2.75. The molecule has 2 aromatic rings. The Morgan fingerprint density at radius 2 is 2.28 bits per heavy atom. The molecule has 0 aromatic carbocycles. The number of H-pyrrole nitrogens is 2. The highest BCUT2D eigenvalue weighted by Gasteiger charge is 2.14. The van der Waals surface area contributed by atoms with E-state index in [2.05, 4.69) is 26.6 Å².